The van der Waals surface area contributed by atoms with Crippen molar-refractivity contribution in [1.82, 2.24) is 0 Å². The number of rotatable bonds is 12. The van der Waals surface area contributed by atoms with Gasteiger partial charge in [-0.15, -0.1) is 23.5 Å². The summed E-state index contributed by atoms with van der Waals surface area (Å²) in [4.78, 5) is 0. The van der Waals surface area contributed by atoms with Crippen molar-refractivity contribution < 1.29 is 0 Å². The van der Waals surface area contributed by atoms with Gasteiger partial charge in [-0.2, -0.15) is 62.3 Å². The first-order chi connectivity index (χ1) is 8.28. The average molecular weight is 367 g/mol. The summed E-state index contributed by atoms with van der Waals surface area (Å²) in [6.45, 7) is 0. The van der Waals surface area contributed by atoms with Crippen LogP contribution in [0.4, 0.5) is 0 Å². The van der Waals surface area contributed by atoms with E-state index in [4.69, 9.17) is 0 Å². The maximum Gasteiger partial charge on any atom is 0.0590 e. The summed E-state index contributed by atoms with van der Waals surface area (Å²) in [6, 6.07) is 0. The molecule has 2 atom stereocenters. The Hall–Kier alpha value is 2.45. The monoisotopic (exact) mass is 366 g/mol. The molecule has 0 spiro atoms. The summed E-state index contributed by atoms with van der Waals surface area (Å²) < 4.78 is 0.600. The van der Waals surface area contributed by atoms with Gasteiger partial charge in [-0.25, -0.2) is 0 Å². The fourth-order valence-corrected chi connectivity index (χ4v) is 6.22. The Labute approximate surface area is 141 Å². The molecule has 0 aliphatic rings. The van der Waals surface area contributed by atoms with Crippen molar-refractivity contribution in [3.63, 3.8) is 0 Å². The lowest BCUT2D eigenvalue weighted by Crippen LogP contribution is -2.13. The molecule has 0 heterocycles. The molecule has 0 saturated heterocycles. The minimum absolute atomic E-state index is 0.600. The van der Waals surface area contributed by atoms with Gasteiger partial charge < -0.3 is 0 Å². The van der Waals surface area contributed by atoms with Crippen LogP contribution in [0.5, 0.6) is 0 Å². The van der Waals surface area contributed by atoms with Crippen molar-refractivity contribution in [2.75, 3.05) is 46.0 Å². The first-order valence-electron chi connectivity index (χ1n) is 5.52. The van der Waals surface area contributed by atoms with Crippen LogP contribution in [0.15, 0.2) is 0 Å². The fourth-order valence-electron chi connectivity index (χ4n) is 1.05. The summed E-state index contributed by atoms with van der Waals surface area (Å²) in [7, 11) is 0. The zero-order valence-electron chi connectivity index (χ0n) is 9.83. The maximum atomic E-state index is 4.44. The molecule has 17 heavy (non-hydrogen) atoms. The third-order valence-corrected chi connectivity index (χ3v) is 8.53. The topological polar surface area (TPSA) is 0 Å². The normalized spacial score (nSPS) is 14.8. The number of thioether (sulfide) groups is 3. The Morgan fingerprint density at radius 2 is 1.47 bits per heavy atom. The first-order valence-corrected chi connectivity index (χ1v) is 11.3. The molecular formula is C10H22S7. The highest BCUT2D eigenvalue weighted by atomic mass is 32.2. The molecule has 0 amide bonds. The van der Waals surface area contributed by atoms with Crippen LogP contribution in [0.2, 0.25) is 0 Å². The van der Waals surface area contributed by atoms with Crippen LogP contribution >= 0.6 is 85.8 Å². The molecule has 0 aromatic carbocycles. The summed E-state index contributed by atoms with van der Waals surface area (Å²) in [6.07, 6.45) is 0. The van der Waals surface area contributed by atoms with Crippen molar-refractivity contribution >= 4 is 85.8 Å². The third kappa shape index (κ3) is 11.9. The largest absolute Gasteiger partial charge is 0.179 e. The Balaban J connectivity index is 3.69. The smallest absolute Gasteiger partial charge is 0.0590 e. The molecule has 2 unspecified atom stereocenters. The molecule has 0 aromatic heterocycles. The van der Waals surface area contributed by atoms with Crippen LogP contribution in [0.1, 0.15) is 0 Å². The summed E-state index contributed by atoms with van der Waals surface area (Å²) >= 11 is 23.3. The lowest BCUT2D eigenvalue weighted by Gasteiger charge is -2.18. The van der Waals surface area contributed by atoms with E-state index in [0.29, 0.717) is 10.5 Å². The predicted octanol–water partition coefficient (Wildman–Crippen LogP) is 3.85. The van der Waals surface area contributed by atoms with Crippen LogP contribution < -0.4 is 0 Å². The molecule has 0 nitrogen and oxygen atoms in total. The molecule has 0 bridgehead atoms. The minimum atomic E-state index is 0.600. The van der Waals surface area contributed by atoms with Gasteiger partial charge in [0.1, 0.15) is 0 Å². The van der Waals surface area contributed by atoms with Gasteiger partial charge in [0.05, 0.1) is 4.58 Å². The Bertz CT molecular complexity index is 156. The molecule has 0 N–H and O–H groups in total. The Kier molecular flexibility index (Phi) is 17.0. The lowest BCUT2D eigenvalue weighted by atomic mass is 10.3. The van der Waals surface area contributed by atoms with Gasteiger partial charge in [-0.3, -0.25) is 0 Å². The number of hydrogen-bond donors (Lipinski definition) is 4. The highest BCUT2D eigenvalue weighted by Crippen LogP contribution is 2.28. The molecule has 0 aliphatic heterocycles. The predicted molar refractivity (Wildman–Crippen MR) is 105 cm³/mol. The SMILES string of the molecule is SCCSCC(CS)CSC(CS)SCCS. The standard InChI is InChI=1S/C10H22S7/c11-1-3-15-7-9(5-13)8-17-10(6-14)16-4-2-12/h9-14H,1-8H2. The zero-order chi connectivity index (χ0) is 12.9. The van der Waals surface area contributed by atoms with Crippen LogP contribution in [0.25, 0.3) is 0 Å². The van der Waals surface area contributed by atoms with Crippen molar-refractivity contribution in [2.24, 2.45) is 5.92 Å². The second-order valence-electron chi connectivity index (χ2n) is 3.39. The van der Waals surface area contributed by atoms with Gasteiger partial charge in [0.25, 0.3) is 0 Å². The minimum Gasteiger partial charge on any atom is -0.179 e. The molecular weight excluding hydrogens is 345 g/mol. The van der Waals surface area contributed by atoms with E-state index in [9.17, 15) is 0 Å². The second-order valence-corrected chi connectivity index (χ2v) is 9.01. The molecule has 0 fully saturated rings. The molecule has 0 rings (SSSR count). The van der Waals surface area contributed by atoms with Gasteiger partial charge in [-0.1, -0.05) is 0 Å². The summed E-state index contributed by atoms with van der Waals surface area (Å²) in [5, 5.41) is 0. The average Bonchev–Trinajstić information content (AvgIpc) is 2.36. The quantitative estimate of drug-likeness (QED) is 0.235. The van der Waals surface area contributed by atoms with E-state index in [1.54, 1.807) is 0 Å². The van der Waals surface area contributed by atoms with E-state index in [1.807, 2.05) is 35.3 Å². The molecule has 0 saturated carbocycles. The van der Waals surface area contributed by atoms with Gasteiger partial charge in [0.15, 0.2) is 0 Å². The number of thiol groups is 4. The van der Waals surface area contributed by atoms with E-state index in [1.165, 1.54) is 11.5 Å². The first kappa shape index (κ1) is 19.4. The van der Waals surface area contributed by atoms with Crippen LogP contribution in [0.3, 0.4) is 0 Å². The van der Waals surface area contributed by atoms with Gasteiger partial charge in [0.2, 0.25) is 0 Å². The van der Waals surface area contributed by atoms with Gasteiger partial charge in [0, 0.05) is 17.3 Å². The summed E-state index contributed by atoms with van der Waals surface area (Å²) in [5.74, 6) is 9.17. The van der Waals surface area contributed by atoms with E-state index < -0.39 is 0 Å². The van der Waals surface area contributed by atoms with Crippen LogP contribution in [0, 0.1) is 5.92 Å². The van der Waals surface area contributed by atoms with Crippen LogP contribution in [-0.2, 0) is 0 Å². The Morgan fingerprint density at radius 1 is 0.765 bits per heavy atom. The van der Waals surface area contributed by atoms with E-state index >= 15 is 0 Å². The molecule has 104 valence electrons. The molecule has 0 aromatic rings. The van der Waals surface area contributed by atoms with E-state index in [0.717, 1.165) is 34.5 Å². The molecule has 7 heteroatoms. The van der Waals surface area contributed by atoms with E-state index in [-0.39, 0.29) is 0 Å². The fraction of sp³-hybridized carbons (Fsp3) is 1.00. The van der Waals surface area contributed by atoms with Crippen molar-refractivity contribution in [3.05, 3.63) is 0 Å². The molecule has 0 aliphatic carbocycles. The third-order valence-electron chi connectivity index (χ3n) is 1.91. The van der Waals surface area contributed by atoms with Gasteiger partial charge >= 0.3 is 0 Å². The van der Waals surface area contributed by atoms with E-state index in [2.05, 4.69) is 50.5 Å². The lowest BCUT2D eigenvalue weighted by molar-refractivity contribution is 0.781. The molecule has 0 radical (unpaired) electrons. The highest BCUT2D eigenvalue weighted by molar-refractivity contribution is 8.17. The second kappa shape index (κ2) is 14.9. The number of hydrogen-bond acceptors (Lipinski definition) is 7. The maximum absolute atomic E-state index is 4.44. The van der Waals surface area contributed by atoms with Crippen molar-refractivity contribution in [3.8, 4) is 0 Å². The highest BCUT2D eigenvalue weighted by Gasteiger charge is 2.12. The van der Waals surface area contributed by atoms with Crippen molar-refractivity contribution in [2.45, 2.75) is 4.58 Å². The zero-order valence-corrected chi connectivity index (χ0v) is 15.9. The van der Waals surface area contributed by atoms with Crippen molar-refractivity contribution in [1.29, 1.82) is 0 Å². The summed E-state index contributed by atoms with van der Waals surface area (Å²) in [5.41, 5.74) is 0. The Morgan fingerprint density at radius 3 is 2.00 bits per heavy atom. The van der Waals surface area contributed by atoms with Crippen LogP contribution in [-0.4, -0.2) is 50.6 Å². The van der Waals surface area contributed by atoms with Gasteiger partial charge in [-0.05, 0) is 34.7 Å².